The molecule has 3 aromatic rings. The zero-order valence-corrected chi connectivity index (χ0v) is 23.4. The van der Waals surface area contributed by atoms with Crippen LogP contribution in [-0.4, -0.2) is 60.2 Å². The first-order chi connectivity index (χ1) is 19.0. The highest BCUT2D eigenvalue weighted by molar-refractivity contribution is 6.06. The molecule has 2 amide bonds. The van der Waals surface area contributed by atoms with Crippen molar-refractivity contribution in [3.05, 3.63) is 65.4 Å². The lowest BCUT2D eigenvalue weighted by molar-refractivity contribution is 0.244. The number of anilines is 5. The Balaban J connectivity index is 1.28. The number of nitrogens with one attached hydrogen (secondary N) is 1. The number of para-hydroxylation sites is 1. The summed E-state index contributed by atoms with van der Waals surface area (Å²) >= 11 is 0. The summed E-state index contributed by atoms with van der Waals surface area (Å²) in [6.07, 6.45) is 7.42. The van der Waals surface area contributed by atoms with Gasteiger partial charge in [0.1, 0.15) is 5.82 Å². The molecule has 1 saturated heterocycles. The van der Waals surface area contributed by atoms with Crippen molar-refractivity contribution in [2.24, 2.45) is 0 Å². The van der Waals surface area contributed by atoms with E-state index >= 15 is 0 Å². The number of urea groups is 1. The van der Waals surface area contributed by atoms with Crippen molar-refractivity contribution in [1.29, 1.82) is 0 Å². The summed E-state index contributed by atoms with van der Waals surface area (Å²) in [7, 11) is 2.17. The lowest BCUT2D eigenvalue weighted by Crippen LogP contribution is -2.53. The SMILES string of the molecule is Cc1cccc(C)c1N1Cc2cnc(Nc3ccc(N4CCN(C)CC4)cc3)nc2N(C2CCCCC2)C1=O. The van der Waals surface area contributed by atoms with E-state index in [2.05, 4.69) is 77.4 Å². The van der Waals surface area contributed by atoms with Gasteiger partial charge in [0.25, 0.3) is 0 Å². The second-order valence-corrected chi connectivity index (χ2v) is 11.3. The Hall–Kier alpha value is -3.65. The molecule has 3 heterocycles. The van der Waals surface area contributed by atoms with E-state index < -0.39 is 0 Å². The number of aryl methyl sites for hydroxylation is 2. The number of amides is 2. The van der Waals surface area contributed by atoms with E-state index in [1.807, 2.05) is 22.1 Å². The standard InChI is InChI=1S/C31H39N7O/c1-22-8-7-9-23(2)28(22)37-21-24-20-32-30(34-29(24)38(31(37)39)27-10-5-4-6-11-27)33-25-12-14-26(15-13-25)36-18-16-35(3)17-19-36/h7-9,12-15,20,27H,4-6,10-11,16-19,21H2,1-3H3,(H,32,33,34). The largest absolute Gasteiger partial charge is 0.369 e. The van der Waals surface area contributed by atoms with Gasteiger partial charge in [-0.1, -0.05) is 37.5 Å². The van der Waals surface area contributed by atoms with Crippen LogP contribution in [0.3, 0.4) is 0 Å². The summed E-state index contributed by atoms with van der Waals surface area (Å²) in [6.45, 7) is 8.88. The van der Waals surface area contributed by atoms with Crippen molar-refractivity contribution < 1.29 is 4.79 Å². The van der Waals surface area contributed by atoms with E-state index in [0.29, 0.717) is 12.5 Å². The fraction of sp³-hybridized carbons (Fsp3) is 0.452. The predicted molar refractivity (Wildman–Crippen MR) is 158 cm³/mol. The molecule has 1 aliphatic carbocycles. The third-order valence-corrected chi connectivity index (χ3v) is 8.48. The summed E-state index contributed by atoms with van der Waals surface area (Å²) < 4.78 is 0. The van der Waals surface area contributed by atoms with Crippen molar-refractivity contribution in [1.82, 2.24) is 14.9 Å². The summed E-state index contributed by atoms with van der Waals surface area (Å²) in [5.74, 6) is 1.27. The summed E-state index contributed by atoms with van der Waals surface area (Å²) in [5.41, 5.74) is 6.37. The van der Waals surface area contributed by atoms with E-state index in [4.69, 9.17) is 4.98 Å². The molecule has 0 spiro atoms. The van der Waals surface area contributed by atoms with Gasteiger partial charge in [-0.05, 0) is 69.1 Å². The minimum absolute atomic E-state index is 0.0213. The number of carbonyl (C=O) groups is 1. The Morgan fingerprint density at radius 3 is 2.28 bits per heavy atom. The van der Waals surface area contributed by atoms with E-state index in [9.17, 15) is 4.79 Å². The fourth-order valence-corrected chi connectivity index (χ4v) is 6.26. The molecule has 1 saturated carbocycles. The quantitative estimate of drug-likeness (QED) is 0.450. The van der Waals surface area contributed by atoms with E-state index in [1.54, 1.807) is 0 Å². The Morgan fingerprint density at radius 1 is 0.897 bits per heavy atom. The number of likely N-dealkylation sites (N-methyl/N-ethyl adjacent to an activating group) is 1. The maximum absolute atomic E-state index is 14.1. The van der Waals surface area contributed by atoms with Gasteiger partial charge in [0.05, 0.1) is 12.2 Å². The van der Waals surface area contributed by atoms with E-state index in [-0.39, 0.29) is 12.1 Å². The molecular formula is C31H39N7O. The third-order valence-electron chi connectivity index (χ3n) is 8.48. The van der Waals surface area contributed by atoms with Gasteiger partial charge in [-0.15, -0.1) is 0 Å². The van der Waals surface area contributed by atoms with Crippen LogP contribution in [0.1, 0.15) is 48.8 Å². The number of hydrogen-bond acceptors (Lipinski definition) is 6. The molecule has 1 aromatic heterocycles. The van der Waals surface area contributed by atoms with Crippen LogP contribution in [0.4, 0.5) is 33.6 Å². The molecular weight excluding hydrogens is 486 g/mol. The molecule has 0 bridgehead atoms. The lowest BCUT2D eigenvalue weighted by Gasteiger charge is -2.42. The number of piperazine rings is 1. The molecule has 2 fully saturated rings. The number of carbonyl (C=O) groups excluding carboxylic acids is 1. The van der Waals surface area contributed by atoms with Gasteiger partial charge in [-0.2, -0.15) is 4.98 Å². The van der Waals surface area contributed by atoms with Crippen molar-refractivity contribution in [2.75, 3.05) is 53.2 Å². The first-order valence-corrected chi connectivity index (χ1v) is 14.3. The maximum atomic E-state index is 14.1. The van der Waals surface area contributed by atoms with Crippen LogP contribution < -0.4 is 20.0 Å². The van der Waals surface area contributed by atoms with Crippen LogP contribution in [0.2, 0.25) is 0 Å². The topological polar surface area (TPSA) is 67.8 Å². The molecule has 3 aliphatic rings. The summed E-state index contributed by atoms with van der Waals surface area (Å²) in [6, 6.07) is 14.9. The molecule has 2 aromatic carbocycles. The Bertz CT molecular complexity index is 1310. The highest BCUT2D eigenvalue weighted by Gasteiger charge is 2.38. The van der Waals surface area contributed by atoms with Gasteiger partial charge in [-0.3, -0.25) is 9.80 Å². The zero-order valence-electron chi connectivity index (χ0n) is 23.4. The maximum Gasteiger partial charge on any atom is 0.330 e. The highest BCUT2D eigenvalue weighted by atomic mass is 16.2. The number of nitrogens with zero attached hydrogens (tertiary/aromatic N) is 6. The molecule has 204 valence electrons. The number of fused-ring (bicyclic) bond motifs is 1. The molecule has 6 rings (SSSR count). The molecule has 0 unspecified atom stereocenters. The van der Waals surface area contributed by atoms with Crippen LogP contribution in [0, 0.1) is 13.8 Å². The second kappa shape index (κ2) is 10.8. The average Bonchev–Trinajstić information content (AvgIpc) is 2.95. The fourth-order valence-electron chi connectivity index (χ4n) is 6.26. The summed E-state index contributed by atoms with van der Waals surface area (Å²) in [5, 5.41) is 3.39. The molecule has 0 radical (unpaired) electrons. The molecule has 8 heteroatoms. The normalized spacial score (nSPS) is 18.8. The van der Waals surface area contributed by atoms with E-state index in [0.717, 1.165) is 85.7 Å². The molecule has 1 N–H and O–H groups in total. The zero-order chi connectivity index (χ0) is 26.9. The van der Waals surface area contributed by atoms with Gasteiger partial charge < -0.3 is 15.1 Å². The first kappa shape index (κ1) is 25.6. The summed E-state index contributed by atoms with van der Waals surface area (Å²) in [4.78, 5) is 32.4. The monoisotopic (exact) mass is 525 g/mol. The number of benzene rings is 2. The third kappa shape index (κ3) is 5.17. The molecule has 2 aliphatic heterocycles. The van der Waals surface area contributed by atoms with Gasteiger partial charge in [0.2, 0.25) is 5.95 Å². The second-order valence-electron chi connectivity index (χ2n) is 11.3. The van der Waals surface area contributed by atoms with Crippen molar-refractivity contribution in [2.45, 2.75) is 58.5 Å². The number of hydrogen-bond donors (Lipinski definition) is 1. The van der Waals surface area contributed by atoms with E-state index in [1.165, 1.54) is 12.1 Å². The van der Waals surface area contributed by atoms with Gasteiger partial charge >= 0.3 is 6.03 Å². The van der Waals surface area contributed by atoms with Crippen molar-refractivity contribution in [3.8, 4) is 0 Å². The van der Waals surface area contributed by atoms with Gasteiger partial charge in [0, 0.05) is 55.4 Å². The van der Waals surface area contributed by atoms with Crippen molar-refractivity contribution >= 4 is 34.9 Å². The Morgan fingerprint density at radius 2 is 1.59 bits per heavy atom. The van der Waals surface area contributed by atoms with Crippen molar-refractivity contribution in [3.63, 3.8) is 0 Å². The predicted octanol–water partition coefficient (Wildman–Crippen LogP) is 5.87. The minimum atomic E-state index is 0.0213. The van der Waals surface area contributed by atoms with Crippen LogP contribution >= 0.6 is 0 Å². The number of aromatic nitrogens is 2. The minimum Gasteiger partial charge on any atom is -0.369 e. The van der Waals surface area contributed by atoms with Gasteiger partial charge in [0.15, 0.2) is 0 Å². The van der Waals surface area contributed by atoms with Crippen LogP contribution in [0.5, 0.6) is 0 Å². The van der Waals surface area contributed by atoms with Gasteiger partial charge in [-0.25, -0.2) is 9.78 Å². The highest BCUT2D eigenvalue weighted by Crippen LogP contribution is 2.38. The van der Waals surface area contributed by atoms with Crippen LogP contribution in [0.15, 0.2) is 48.7 Å². The average molecular weight is 526 g/mol. The molecule has 0 atom stereocenters. The number of rotatable bonds is 5. The van der Waals surface area contributed by atoms with Crippen LogP contribution in [0.25, 0.3) is 0 Å². The Labute approximate surface area is 231 Å². The Kier molecular flexibility index (Phi) is 7.12. The molecule has 39 heavy (non-hydrogen) atoms. The van der Waals surface area contributed by atoms with Crippen LogP contribution in [-0.2, 0) is 6.54 Å². The first-order valence-electron chi connectivity index (χ1n) is 14.3. The smallest absolute Gasteiger partial charge is 0.330 e. The molecule has 8 nitrogen and oxygen atoms in total. The lowest BCUT2D eigenvalue weighted by atomic mass is 9.93.